The molecule has 0 aliphatic carbocycles. The summed E-state index contributed by atoms with van der Waals surface area (Å²) in [6.07, 6.45) is 0. The average molecular weight is 189 g/mol. The van der Waals surface area contributed by atoms with Crippen LogP contribution in [0.2, 0.25) is 0 Å². The predicted octanol–water partition coefficient (Wildman–Crippen LogP) is 2.23. The van der Waals surface area contributed by atoms with Gasteiger partial charge >= 0.3 is 0 Å². The third kappa shape index (κ3) is 2.22. The molecule has 2 nitrogen and oxygen atoms in total. The van der Waals surface area contributed by atoms with E-state index in [-0.39, 0.29) is 5.78 Å². The Morgan fingerprint density at radius 3 is 2.14 bits per heavy atom. The van der Waals surface area contributed by atoms with Gasteiger partial charge in [0.05, 0.1) is 0 Å². The number of allylic oxidation sites excluding steroid dienone is 1. The predicted molar refractivity (Wildman–Crippen MR) is 58.8 cm³/mol. The highest BCUT2D eigenvalue weighted by atomic mass is 16.1. The van der Waals surface area contributed by atoms with Crippen molar-refractivity contribution in [3.8, 4) is 0 Å². The van der Waals surface area contributed by atoms with Gasteiger partial charge in [0.15, 0.2) is 5.78 Å². The van der Waals surface area contributed by atoms with Gasteiger partial charge in [-0.3, -0.25) is 4.79 Å². The van der Waals surface area contributed by atoms with Crippen molar-refractivity contribution in [3.05, 3.63) is 41.5 Å². The van der Waals surface area contributed by atoms with Crippen LogP contribution in [0.15, 0.2) is 35.9 Å². The van der Waals surface area contributed by atoms with E-state index in [0.717, 1.165) is 16.8 Å². The number of nitrogens with one attached hydrogen (secondary N) is 1. The molecule has 0 heterocycles. The molecule has 0 aromatic heterocycles. The van der Waals surface area contributed by atoms with E-state index in [1.165, 1.54) is 0 Å². The molecule has 0 saturated carbocycles. The van der Waals surface area contributed by atoms with E-state index in [4.69, 9.17) is 0 Å². The van der Waals surface area contributed by atoms with Crippen LogP contribution in [0.4, 0.5) is 0 Å². The molecule has 1 rings (SSSR count). The van der Waals surface area contributed by atoms with Gasteiger partial charge in [0.25, 0.3) is 0 Å². The summed E-state index contributed by atoms with van der Waals surface area (Å²) in [5.74, 6) is 0.0956. The smallest absolute Gasteiger partial charge is 0.157 e. The first-order valence-corrected chi connectivity index (χ1v) is 4.61. The van der Waals surface area contributed by atoms with E-state index in [1.54, 1.807) is 6.92 Å². The molecule has 0 aliphatic heterocycles. The lowest BCUT2D eigenvalue weighted by Gasteiger charge is -2.09. The Hall–Kier alpha value is -1.57. The van der Waals surface area contributed by atoms with Crippen molar-refractivity contribution < 1.29 is 4.79 Å². The van der Waals surface area contributed by atoms with Crippen LogP contribution in [0.25, 0.3) is 5.70 Å². The zero-order valence-electron chi connectivity index (χ0n) is 8.79. The lowest BCUT2D eigenvalue weighted by atomic mass is 10.1. The zero-order valence-corrected chi connectivity index (χ0v) is 8.79. The van der Waals surface area contributed by atoms with Gasteiger partial charge in [0, 0.05) is 18.3 Å². The molecule has 0 amide bonds. The van der Waals surface area contributed by atoms with Gasteiger partial charge in [-0.25, -0.2) is 0 Å². The van der Waals surface area contributed by atoms with Crippen LogP contribution >= 0.6 is 0 Å². The maximum Gasteiger partial charge on any atom is 0.157 e. The van der Waals surface area contributed by atoms with Gasteiger partial charge in [-0.2, -0.15) is 0 Å². The Morgan fingerprint density at radius 2 is 1.71 bits per heavy atom. The summed E-state index contributed by atoms with van der Waals surface area (Å²) in [5, 5.41) is 3.06. The molecule has 1 N–H and O–H groups in total. The molecule has 0 fully saturated rings. The fourth-order valence-electron chi connectivity index (χ4n) is 1.33. The van der Waals surface area contributed by atoms with Crippen LogP contribution in [0.3, 0.4) is 0 Å². The van der Waals surface area contributed by atoms with Crippen LogP contribution < -0.4 is 5.32 Å². The third-order valence-corrected chi connectivity index (χ3v) is 2.22. The van der Waals surface area contributed by atoms with E-state index < -0.39 is 0 Å². The molecule has 1 aromatic rings. The second kappa shape index (κ2) is 4.61. The quantitative estimate of drug-likeness (QED) is 0.739. The standard InChI is InChI=1S/C12H15NO/c1-9(10(2)14)12(13-3)11-7-5-4-6-8-11/h4-8,13H,1-3H3/b12-9-. The van der Waals surface area contributed by atoms with Gasteiger partial charge < -0.3 is 5.32 Å². The van der Waals surface area contributed by atoms with E-state index in [0.29, 0.717) is 0 Å². The van der Waals surface area contributed by atoms with Gasteiger partial charge in [0.2, 0.25) is 0 Å². The highest BCUT2D eigenvalue weighted by Gasteiger charge is 2.06. The zero-order chi connectivity index (χ0) is 10.6. The molecule has 74 valence electrons. The summed E-state index contributed by atoms with van der Waals surface area (Å²) in [6.45, 7) is 3.41. The lowest BCUT2D eigenvalue weighted by Crippen LogP contribution is -2.10. The van der Waals surface area contributed by atoms with Crippen molar-refractivity contribution in [2.24, 2.45) is 0 Å². The van der Waals surface area contributed by atoms with E-state index in [9.17, 15) is 4.79 Å². The summed E-state index contributed by atoms with van der Waals surface area (Å²) < 4.78 is 0. The number of carbonyl (C=O) groups excluding carboxylic acids is 1. The van der Waals surface area contributed by atoms with E-state index in [2.05, 4.69) is 5.32 Å². The lowest BCUT2D eigenvalue weighted by molar-refractivity contribution is -0.113. The molecular formula is C12H15NO. The molecule has 2 heteroatoms. The number of hydrogen-bond acceptors (Lipinski definition) is 2. The Labute approximate surface area is 84.6 Å². The highest BCUT2D eigenvalue weighted by Crippen LogP contribution is 2.15. The number of Topliss-reactive ketones (excluding diaryl/α,β-unsaturated/α-hetero) is 1. The van der Waals surface area contributed by atoms with Crippen molar-refractivity contribution in [3.63, 3.8) is 0 Å². The Balaban J connectivity index is 3.17. The average Bonchev–Trinajstić information content (AvgIpc) is 2.20. The minimum Gasteiger partial charge on any atom is -0.387 e. The molecule has 0 aliphatic rings. The number of carbonyl (C=O) groups is 1. The van der Waals surface area contributed by atoms with Crippen LogP contribution in [0, 0.1) is 0 Å². The highest BCUT2D eigenvalue weighted by molar-refractivity contribution is 6.00. The molecule has 0 unspecified atom stereocenters. The molecule has 1 aromatic carbocycles. The van der Waals surface area contributed by atoms with Crippen LogP contribution in [-0.2, 0) is 4.79 Å². The minimum atomic E-state index is 0.0956. The van der Waals surface area contributed by atoms with Gasteiger partial charge in [-0.1, -0.05) is 30.3 Å². The molecule has 14 heavy (non-hydrogen) atoms. The van der Waals surface area contributed by atoms with Crippen LogP contribution in [-0.4, -0.2) is 12.8 Å². The number of hydrogen-bond donors (Lipinski definition) is 1. The summed E-state index contributed by atoms with van der Waals surface area (Å²) in [7, 11) is 1.83. The normalized spacial score (nSPS) is 11.9. The number of ketones is 1. The minimum absolute atomic E-state index is 0.0956. The maximum atomic E-state index is 11.2. The van der Waals surface area contributed by atoms with E-state index in [1.807, 2.05) is 44.3 Å². The molecule has 0 atom stereocenters. The summed E-state index contributed by atoms with van der Waals surface area (Å²) in [5.41, 5.74) is 2.71. The van der Waals surface area contributed by atoms with Crippen molar-refractivity contribution in [2.75, 3.05) is 7.05 Å². The fourth-order valence-corrected chi connectivity index (χ4v) is 1.33. The number of benzene rings is 1. The summed E-state index contributed by atoms with van der Waals surface area (Å²) >= 11 is 0. The fraction of sp³-hybridized carbons (Fsp3) is 0.250. The molecule has 0 bridgehead atoms. The monoisotopic (exact) mass is 189 g/mol. The Kier molecular flexibility index (Phi) is 3.46. The molecule has 0 spiro atoms. The largest absolute Gasteiger partial charge is 0.387 e. The molecule has 0 radical (unpaired) electrons. The van der Waals surface area contributed by atoms with Crippen molar-refractivity contribution in [1.29, 1.82) is 0 Å². The van der Waals surface area contributed by atoms with E-state index >= 15 is 0 Å². The number of rotatable bonds is 3. The maximum absolute atomic E-state index is 11.2. The second-order valence-corrected chi connectivity index (χ2v) is 3.17. The Bertz CT molecular complexity index is 352. The van der Waals surface area contributed by atoms with Gasteiger partial charge in [-0.15, -0.1) is 0 Å². The van der Waals surface area contributed by atoms with Crippen molar-refractivity contribution in [2.45, 2.75) is 13.8 Å². The third-order valence-electron chi connectivity index (χ3n) is 2.22. The summed E-state index contributed by atoms with van der Waals surface area (Å²) in [4.78, 5) is 11.2. The first-order valence-electron chi connectivity index (χ1n) is 4.61. The Morgan fingerprint density at radius 1 is 1.14 bits per heavy atom. The summed E-state index contributed by atoms with van der Waals surface area (Å²) in [6, 6.07) is 9.84. The van der Waals surface area contributed by atoms with Crippen molar-refractivity contribution in [1.82, 2.24) is 5.32 Å². The van der Waals surface area contributed by atoms with Crippen LogP contribution in [0.1, 0.15) is 19.4 Å². The molecular weight excluding hydrogens is 174 g/mol. The van der Waals surface area contributed by atoms with Crippen LogP contribution in [0.5, 0.6) is 0 Å². The van der Waals surface area contributed by atoms with Gasteiger partial charge in [0.1, 0.15) is 0 Å². The SMILES string of the molecule is CN/C(=C(/C)C(C)=O)c1ccccc1. The molecule has 0 saturated heterocycles. The second-order valence-electron chi connectivity index (χ2n) is 3.17. The topological polar surface area (TPSA) is 29.1 Å². The van der Waals surface area contributed by atoms with Crippen molar-refractivity contribution >= 4 is 11.5 Å². The first kappa shape index (κ1) is 10.5. The van der Waals surface area contributed by atoms with Gasteiger partial charge in [-0.05, 0) is 19.4 Å². The first-order chi connectivity index (χ1) is 6.66.